The second kappa shape index (κ2) is 9.40. The molecule has 3 rings (SSSR count). The van der Waals surface area contributed by atoms with Crippen LogP contribution in [0.2, 0.25) is 0 Å². The standard InChI is InChI=1S/C22H26FN3O3S/c1-25(2)21-11-10-19(30(28,29)26-13-4-3-5-14-26)16-20(21)24-22(27)12-9-17-7-6-8-18(23)15-17/h6-12,15-16H,3-5,13-14H2,1-2H3,(H,24,27)/b12-9+. The summed E-state index contributed by atoms with van der Waals surface area (Å²) in [5.74, 6) is -0.821. The van der Waals surface area contributed by atoms with E-state index in [0.29, 0.717) is 30.0 Å². The molecule has 0 aromatic heterocycles. The third-order valence-corrected chi connectivity index (χ3v) is 6.83. The molecule has 1 saturated heterocycles. The van der Waals surface area contributed by atoms with Crippen LogP contribution in [0.4, 0.5) is 15.8 Å². The highest BCUT2D eigenvalue weighted by atomic mass is 32.2. The van der Waals surface area contributed by atoms with Gasteiger partial charge in [0.25, 0.3) is 0 Å². The average molecular weight is 432 g/mol. The monoisotopic (exact) mass is 431 g/mol. The van der Waals surface area contributed by atoms with E-state index >= 15 is 0 Å². The van der Waals surface area contributed by atoms with E-state index in [-0.39, 0.29) is 10.7 Å². The summed E-state index contributed by atoms with van der Waals surface area (Å²) in [5.41, 5.74) is 1.63. The SMILES string of the molecule is CN(C)c1ccc(S(=O)(=O)N2CCCCC2)cc1NC(=O)/C=C/c1cccc(F)c1. The minimum absolute atomic E-state index is 0.152. The summed E-state index contributed by atoms with van der Waals surface area (Å²) in [6.45, 7) is 1.02. The Morgan fingerprint density at radius 3 is 2.50 bits per heavy atom. The van der Waals surface area contributed by atoms with Crippen molar-refractivity contribution in [3.8, 4) is 0 Å². The fourth-order valence-corrected chi connectivity index (χ4v) is 4.92. The lowest BCUT2D eigenvalue weighted by atomic mass is 10.2. The van der Waals surface area contributed by atoms with Crippen LogP contribution in [0.3, 0.4) is 0 Å². The predicted octanol–water partition coefficient (Wildman–Crippen LogP) is 3.72. The molecule has 0 atom stereocenters. The molecule has 1 amide bonds. The Hall–Kier alpha value is -2.71. The molecule has 0 spiro atoms. The van der Waals surface area contributed by atoms with Gasteiger partial charge in [-0.05, 0) is 54.8 Å². The third kappa shape index (κ3) is 5.25. The Balaban J connectivity index is 1.85. The number of nitrogens with one attached hydrogen (secondary N) is 1. The largest absolute Gasteiger partial charge is 0.376 e. The summed E-state index contributed by atoms with van der Waals surface area (Å²) in [4.78, 5) is 14.4. The van der Waals surface area contributed by atoms with Crippen molar-refractivity contribution in [2.45, 2.75) is 24.2 Å². The van der Waals surface area contributed by atoms with Crippen LogP contribution >= 0.6 is 0 Å². The Labute approximate surface area is 177 Å². The van der Waals surface area contributed by atoms with Crippen molar-refractivity contribution in [2.75, 3.05) is 37.4 Å². The van der Waals surface area contributed by atoms with Crippen molar-refractivity contribution in [1.82, 2.24) is 4.31 Å². The Morgan fingerprint density at radius 2 is 1.83 bits per heavy atom. The molecular formula is C22H26FN3O3S. The summed E-state index contributed by atoms with van der Waals surface area (Å²) in [6, 6.07) is 10.6. The topological polar surface area (TPSA) is 69.7 Å². The van der Waals surface area contributed by atoms with Crippen molar-refractivity contribution >= 4 is 33.4 Å². The first-order chi connectivity index (χ1) is 14.3. The van der Waals surface area contributed by atoms with E-state index in [1.54, 1.807) is 29.2 Å². The van der Waals surface area contributed by atoms with Crippen molar-refractivity contribution in [1.29, 1.82) is 0 Å². The second-order valence-electron chi connectivity index (χ2n) is 7.42. The number of amides is 1. The van der Waals surface area contributed by atoms with Gasteiger partial charge in [-0.2, -0.15) is 4.31 Å². The molecule has 2 aromatic carbocycles. The average Bonchev–Trinajstić information content (AvgIpc) is 2.73. The highest BCUT2D eigenvalue weighted by Gasteiger charge is 2.26. The lowest BCUT2D eigenvalue weighted by Crippen LogP contribution is -2.35. The van der Waals surface area contributed by atoms with Gasteiger partial charge in [0.2, 0.25) is 15.9 Å². The summed E-state index contributed by atoms with van der Waals surface area (Å²) >= 11 is 0. The molecule has 6 nitrogen and oxygen atoms in total. The fraction of sp³-hybridized carbons (Fsp3) is 0.318. The zero-order chi connectivity index (χ0) is 21.7. The van der Waals surface area contributed by atoms with Crippen molar-refractivity contribution < 1.29 is 17.6 Å². The van der Waals surface area contributed by atoms with Crippen LogP contribution in [-0.2, 0) is 14.8 Å². The molecule has 1 aliphatic rings. The van der Waals surface area contributed by atoms with Crippen LogP contribution in [0, 0.1) is 5.82 Å². The number of hydrogen-bond donors (Lipinski definition) is 1. The molecule has 1 heterocycles. The van der Waals surface area contributed by atoms with E-state index in [4.69, 9.17) is 0 Å². The number of carbonyl (C=O) groups excluding carboxylic acids is 1. The van der Waals surface area contributed by atoms with Gasteiger partial charge in [-0.1, -0.05) is 18.6 Å². The van der Waals surface area contributed by atoms with E-state index in [1.807, 2.05) is 14.1 Å². The zero-order valence-electron chi connectivity index (χ0n) is 17.1. The van der Waals surface area contributed by atoms with Gasteiger partial charge >= 0.3 is 0 Å². The second-order valence-corrected chi connectivity index (χ2v) is 9.35. The molecular weight excluding hydrogens is 405 g/mol. The lowest BCUT2D eigenvalue weighted by Gasteiger charge is -2.26. The number of anilines is 2. The van der Waals surface area contributed by atoms with Crippen molar-refractivity contribution in [2.24, 2.45) is 0 Å². The van der Waals surface area contributed by atoms with E-state index < -0.39 is 15.9 Å². The summed E-state index contributed by atoms with van der Waals surface area (Å²) in [7, 11) is 0.00479. The van der Waals surface area contributed by atoms with Crippen LogP contribution in [0.1, 0.15) is 24.8 Å². The minimum Gasteiger partial charge on any atom is -0.376 e. The van der Waals surface area contributed by atoms with Gasteiger partial charge in [0.05, 0.1) is 16.3 Å². The van der Waals surface area contributed by atoms with Crippen LogP contribution < -0.4 is 10.2 Å². The van der Waals surface area contributed by atoms with Crippen LogP contribution in [0.5, 0.6) is 0 Å². The van der Waals surface area contributed by atoms with Crippen LogP contribution in [0.25, 0.3) is 6.08 Å². The smallest absolute Gasteiger partial charge is 0.248 e. The van der Waals surface area contributed by atoms with Crippen molar-refractivity contribution in [3.63, 3.8) is 0 Å². The molecule has 30 heavy (non-hydrogen) atoms. The minimum atomic E-state index is -3.62. The molecule has 0 radical (unpaired) electrons. The number of halogens is 1. The summed E-state index contributed by atoms with van der Waals surface area (Å²) in [6.07, 6.45) is 5.53. The number of carbonyl (C=O) groups is 1. The van der Waals surface area contributed by atoms with Crippen LogP contribution in [-0.4, -0.2) is 45.8 Å². The number of nitrogens with zero attached hydrogens (tertiary/aromatic N) is 2. The Morgan fingerprint density at radius 1 is 1.10 bits per heavy atom. The number of hydrogen-bond acceptors (Lipinski definition) is 4. The first-order valence-corrected chi connectivity index (χ1v) is 11.3. The van der Waals surface area contributed by atoms with Gasteiger partial charge in [-0.15, -0.1) is 0 Å². The molecule has 8 heteroatoms. The molecule has 2 aromatic rings. The third-order valence-electron chi connectivity index (χ3n) is 4.94. The van der Waals surface area contributed by atoms with Gasteiger partial charge in [-0.25, -0.2) is 12.8 Å². The maximum atomic E-state index is 13.3. The summed E-state index contributed by atoms with van der Waals surface area (Å²) < 4.78 is 40.8. The zero-order valence-corrected chi connectivity index (χ0v) is 18.0. The number of piperidine rings is 1. The molecule has 0 saturated carbocycles. The first-order valence-electron chi connectivity index (χ1n) is 9.83. The highest BCUT2D eigenvalue weighted by Crippen LogP contribution is 2.30. The van der Waals surface area contributed by atoms with Crippen LogP contribution in [0.15, 0.2) is 53.4 Å². The molecule has 1 N–H and O–H groups in total. The Kier molecular flexibility index (Phi) is 6.89. The van der Waals surface area contributed by atoms with E-state index in [9.17, 15) is 17.6 Å². The number of benzene rings is 2. The van der Waals surface area contributed by atoms with Crippen molar-refractivity contribution in [3.05, 3.63) is 59.9 Å². The molecule has 0 aliphatic carbocycles. The number of sulfonamides is 1. The molecule has 1 fully saturated rings. The van der Waals surface area contributed by atoms with Gasteiger partial charge in [0.15, 0.2) is 0 Å². The van der Waals surface area contributed by atoms with Gasteiger partial charge in [-0.3, -0.25) is 4.79 Å². The van der Waals surface area contributed by atoms with Gasteiger partial charge < -0.3 is 10.2 Å². The van der Waals surface area contributed by atoms with Gasteiger partial charge in [0, 0.05) is 33.3 Å². The quantitative estimate of drug-likeness (QED) is 0.708. The molecule has 1 aliphatic heterocycles. The highest BCUT2D eigenvalue weighted by molar-refractivity contribution is 7.89. The molecule has 160 valence electrons. The fourth-order valence-electron chi connectivity index (χ4n) is 3.38. The summed E-state index contributed by atoms with van der Waals surface area (Å²) in [5, 5.41) is 2.75. The molecule has 0 bridgehead atoms. The maximum Gasteiger partial charge on any atom is 0.248 e. The maximum absolute atomic E-state index is 13.3. The van der Waals surface area contributed by atoms with E-state index in [2.05, 4.69) is 5.32 Å². The number of rotatable bonds is 6. The van der Waals surface area contributed by atoms with Gasteiger partial charge in [0.1, 0.15) is 5.82 Å². The first kappa shape index (κ1) is 22.0. The predicted molar refractivity (Wildman–Crippen MR) is 117 cm³/mol. The van der Waals surface area contributed by atoms with E-state index in [1.165, 1.54) is 34.7 Å². The normalized spacial score (nSPS) is 15.3. The molecule has 0 unspecified atom stereocenters. The lowest BCUT2D eigenvalue weighted by molar-refractivity contribution is -0.111. The Bertz CT molecular complexity index is 1050. The van der Waals surface area contributed by atoms with E-state index in [0.717, 1.165) is 19.3 Å².